The second kappa shape index (κ2) is 7.21. The molecule has 1 aromatic rings. The van der Waals surface area contributed by atoms with E-state index in [0.29, 0.717) is 18.2 Å². The zero-order chi connectivity index (χ0) is 15.3. The molecular weight excluding hydrogens is 262 g/mol. The summed E-state index contributed by atoms with van der Waals surface area (Å²) < 4.78 is 2.03. The van der Waals surface area contributed by atoms with Crippen LogP contribution in [0.25, 0.3) is 0 Å². The molecule has 1 N–H and O–H groups in total. The predicted molar refractivity (Wildman–Crippen MR) is 85.4 cm³/mol. The van der Waals surface area contributed by atoms with Crippen molar-refractivity contribution in [3.05, 3.63) is 18.0 Å². The predicted octanol–water partition coefficient (Wildman–Crippen LogP) is 3.14. The van der Waals surface area contributed by atoms with Crippen LogP contribution in [0.4, 0.5) is 0 Å². The molecule has 0 amide bonds. The van der Waals surface area contributed by atoms with E-state index in [-0.39, 0.29) is 5.41 Å². The third kappa shape index (κ3) is 3.54. The molecule has 1 saturated heterocycles. The fourth-order valence-electron chi connectivity index (χ4n) is 3.50. The minimum absolute atomic E-state index is 0.145. The second-order valence-corrected chi connectivity index (χ2v) is 6.31. The van der Waals surface area contributed by atoms with Gasteiger partial charge in [-0.25, -0.2) is 0 Å². The molecule has 118 valence electrons. The number of ketones is 1. The van der Waals surface area contributed by atoms with Crippen LogP contribution in [0, 0.1) is 5.41 Å². The minimum Gasteiger partial charge on any atom is -0.316 e. The second-order valence-electron chi connectivity index (χ2n) is 6.31. The maximum atomic E-state index is 12.8. The van der Waals surface area contributed by atoms with Crippen LogP contribution in [0.1, 0.15) is 64.6 Å². The highest BCUT2D eigenvalue weighted by Gasteiger charge is 2.39. The summed E-state index contributed by atoms with van der Waals surface area (Å²) in [7, 11) is 0. The number of hydrogen-bond acceptors (Lipinski definition) is 3. The van der Waals surface area contributed by atoms with Crippen molar-refractivity contribution in [3.8, 4) is 0 Å². The van der Waals surface area contributed by atoms with Gasteiger partial charge in [0.25, 0.3) is 0 Å². The van der Waals surface area contributed by atoms with Gasteiger partial charge in [0.2, 0.25) is 0 Å². The molecule has 0 aromatic carbocycles. The van der Waals surface area contributed by atoms with E-state index in [1.807, 2.05) is 16.9 Å². The van der Waals surface area contributed by atoms with E-state index in [4.69, 9.17) is 0 Å². The van der Waals surface area contributed by atoms with E-state index in [2.05, 4.69) is 31.2 Å². The van der Waals surface area contributed by atoms with E-state index in [0.717, 1.165) is 50.9 Å². The first-order valence-electron chi connectivity index (χ1n) is 8.43. The van der Waals surface area contributed by atoms with Crippen LogP contribution >= 0.6 is 0 Å². The summed E-state index contributed by atoms with van der Waals surface area (Å²) in [6.45, 7) is 8.33. The van der Waals surface area contributed by atoms with Crippen LogP contribution in [0.2, 0.25) is 0 Å². The normalized spacial score (nSPS) is 22.1. The number of rotatable bonds is 8. The lowest BCUT2D eigenvalue weighted by atomic mass is 9.77. The average molecular weight is 291 g/mol. The molecule has 2 rings (SSSR count). The Kier molecular flexibility index (Phi) is 5.57. The van der Waals surface area contributed by atoms with Crippen molar-refractivity contribution in [1.29, 1.82) is 0 Å². The standard InChI is InChI=1S/C17H29N3O/c1-4-8-17(9-10-18-13-17)16(21)12-14-7-11-20(19-14)15(5-2)6-3/h7,11,15,18H,4-6,8-10,12-13H2,1-3H3. The van der Waals surface area contributed by atoms with Gasteiger partial charge in [0.15, 0.2) is 0 Å². The molecule has 0 spiro atoms. The maximum Gasteiger partial charge on any atom is 0.146 e. The summed E-state index contributed by atoms with van der Waals surface area (Å²) in [5, 5.41) is 7.99. The van der Waals surface area contributed by atoms with Crippen molar-refractivity contribution < 1.29 is 4.79 Å². The number of carbonyl (C=O) groups excluding carboxylic acids is 1. The Balaban J connectivity index is 2.05. The molecule has 0 bridgehead atoms. The molecule has 1 aliphatic heterocycles. The van der Waals surface area contributed by atoms with Crippen molar-refractivity contribution >= 4 is 5.78 Å². The zero-order valence-corrected chi connectivity index (χ0v) is 13.7. The number of aromatic nitrogens is 2. The van der Waals surface area contributed by atoms with Gasteiger partial charge in [0, 0.05) is 18.2 Å². The lowest BCUT2D eigenvalue weighted by molar-refractivity contribution is -0.127. The summed E-state index contributed by atoms with van der Waals surface area (Å²) >= 11 is 0. The molecule has 1 aromatic heterocycles. The van der Waals surface area contributed by atoms with Gasteiger partial charge in [-0.1, -0.05) is 27.2 Å². The molecule has 0 saturated carbocycles. The van der Waals surface area contributed by atoms with Crippen LogP contribution in [0.15, 0.2) is 12.3 Å². The van der Waals surface area contributed by atoms with Crippen molar-refractivity contribution in [2.75, 3.05) is 13.1 Å². The number of nitrogens with zero attached hydrogens (tertiary/aromatic N) is 2. The van der Waals surface area contributed by atoms with Gasteiger partial charge >= 0.3 is 0 Å². The van der Waals surface area contributed by atoms with E-state index < -0.39 is 0 Å². The van der Waals surface area contributed by atoms with Crippen molar-refractivity contribution in [1.82, 2.24) is 15.1 Å². The van der Waals surface area contributed by atoms with Crippen LogP contribution in [0.5, 0.6) is 0 Å². The highest BCUT2D eigenvalue weighted by molar-refractivity contribution is 5.87. The van der Waals surface area contributed by atoms with Gasteiger partial charge in [-0.05, 0) is 38.3 Å². The first-order valence-corrected chi connectivity index (χ1v) is 8.43. The first-order chi connectivity index (χ1) is 10.1. The van der Waals surface area contributed by atoms with Crippen LogP contribution < -0.4 is 5.32 Å². The summed E-state index contributed by atoms with van der Waals surface area (Å²) in [6, 6.07) is 2.46. The van der Waals surface area contributed by atoms with Gasteiger partial charge in [-0.3, -0.25) is 9.48 Å². The summed E-state index contributed by atoms with van der Waals surface area (Å²) in [5.74, 6) is 0.365. The summed E-state index contributed by atoms with van der Waals surface area (Å²) in [5.41, 5.74) is 0.780. The molecule has 4 heteroatoms. The van der Waals surface area contributed by atoms with E-state index in [1.54, 1.807) is 0 Å². The van der Waals surface area contributed by atoms with E-state index in [9.17, 15) is 4.79 Å². The van der Waals surface area contributed by atoms with Crippen LogP contribution in [-0.2, 0) is 11.2 Å². The van der Waals surface area contributed by atoms with Crippen LogP contribution in [0.3, 0.4) is 0 Å². The van der Waals surface area contributed by atoms with Crippen molar-refractivity contribution in [3.63, 3.8) is 0 Å². The number of carbonyl (C=O) groups is 1. The molecule has 1 unspecified atom stereocenters. The third-order valence-corrected chi connectivity index (χ3v) is 4.89. The zero-order valence-electron chi connectivity index (χ0n) is 13.7. The Hall–Kier alpha value is -1.16. The molecule has 0 aliphatic carbocycles. The number of hydrogen-bond donors (Lipinski definition) is 1. The molecule has 1 aliphatic rings. The topological polar surface area (TPSA) is 46.9 Å². The quantitative estimate of drug-likeness (QED) is 0.800. The highest BCUT2D eigenvalue weighted by Crippen LogP contribution is 2.33. The molecule has 0 radical (unpaired) electrons. The van der Waals surface area contributed by atoms with Gasteiger partial charge in [-0.2, -0.15) is 5.10 Å². The number of nitrogens with one attached hydrogen (secondary N) is 1. The van der Waals surface area contributed by atoms with Gasteiger partial charge < -0.3 is 5.32 Å². The van der Waals surface area contributed by atoms with Gasteiger partial charge in [0.1, 0.15) is 5.78 Å². The van der Waals surface area contributed by atoms with Crippen LogP contribution in [-0.4, -0.2) is 28.7 Å². The Labute approximate surface area is 128 Å². The molecule has 4 nitrogen and oxygen atoms in total. The molecule has 1 atom stereocenters. The monoisotopic (exact) mass is 291 g/mol. The Morgan fingerprint density at radius 3 is 2.76 bits per heavy atom. The molecular formula is C17H29N3O. The summed E-state index contributed by atoms with van der Waals surface area (Å²) in [4.78, 5) is 12.8. The third-order valence-electron chi connectivity index (χ3n) is 4.89. The molecule has 2 heterocycles. The van der Waals surface area contributed by atoms with Crippen molar-refractivity contribution in [2.24, 2.45) is 5.41 Å². The van der Waals surface area contributed by atoms with Crippen molar-refractivity contribution in [2.45, 2.75) is 65.3 Å². The lowest BCUT2D eigenvalue weighted by Crippen LogP contribution is -2.34. The fourth-order valence-corrected chi connectivity index (χ4v) is 3.50. The lowest BCUT2D eigenvalue weighted by Gasteiger charge is -2.25. The van der Waals surface area contributed by atoms with E-state index in [1.165, 1.54) is 0 Å². The first kappa shape index (κ1) is 16.2. The Morgan fingerprint density at radius 2 is 2.19 bits per heavy atom. The Bertz CT molecular complexity index is 456. The molecule has 21 heavy (non-hydrogen) atoms. The number of Topliss-reactive ketones (excluding diaryl/α,β-unsaturated/α-hetero) is 1. The smallest absolute Gasteiger partial charge is 0.146 e. The summed E-state index contributed by atoms with van der Waals surface area (Å²) in [6.07, 6.45) is 7.70. The Morgan fingerprint density at radius 1 is 1.43 bits per heavy atom. The highest BCUT2D eigenvalue weighted by atomic mass is 16.1. The van der Waals surface area contributed by atoms with E-state index >= 15 is 0 Å². The largest absolute Gasteiger partial charge is 0.316 e. The average Bonchev–Trinajstić information content (AvgIpc) is 3.11. The fraction of sp³-hybridized carbons (Fsp3) is 0.765. The minimum atomic E-state index is -0.145. The van der Waals surface area contributed by atoms with Gasteiger partial charge in [-0.15, -0.1) is 0 Å². The maximum absolute atomic E-state index is 12.8. The van der Waals surface area contributed by atoms with Gasteiger partial charge in [0.05, 0.1) is 18.2 Å². The molecule has 1 fully saturated rings. The SMILES string of the molecule is CCCC1(C(=O)Cc2ccn(C(CC)CC)n2)CCNC1.